The van der Waals surface area contributed by atoms with Gasteiger partial charge in [-0.15, -0.1) is 11.3 Å². The third kappa shape index (κ3) is 5.09. The van der Waals surface area contributed by atoms with E-state index in [9.17, 15) is 0 Å². The molecule has 0 amide bonds. The van der Waals surface area contributed by atoms with E-state index in [4.69, 9.17) is 0 Å². The Morgan fingerprint density at radius 2 is 1.89 bits per heavy atom. The van der Waals surface area contributed by atoms with Crippen LogP contribution in [0.5, 0.6) is 0 Å². The molecule has 2 aromatic rings. The van der Waals surface area contributed by atoms with E-state index < -0.39 is 0 Å². The molecule has 0 aliphatic heterocycles. The van der Waals surface area contributed by atoms with Gasteiger partial charge in [-0.05, 0) is 65.5 Å². The topological polar surface area (TPSA) is 12.0 Å². The van der Waals surface area contributed by atoms with Gasteiger partial charge in [0.25, 0.3) is 0 Å². The highest BCUT2D eigenvalue weighted by molar-refractivity contribution is 9.11. The second-order valence-electron chi connectivity index (χ2n) is 4.81. The van der Waals surface area contributed by atoms with Gasteiger partial charge >= 0.3 is 0 Å². The number of rotatable bonds is 7. The highest BCUT2D eigenvalue weighted by atomic mass is 79.9. The Hall–Kier alpha value is -0.640. The summed E-state index contributed by atoms with van der Waals surface area (Å²) in [4.78, 5) is 1.44. The van der Waals surface area contributed by atoms with Crippen LogP contribution in [-0.4, -0.2) is 13.1 Å². The summed E-state index contributed by atoms with van der Waals surface area (Å²) in [7, 11) is 0. The molecule has 0 fully saturated rings. The van der Waals surface area contributed by atoms with E-state index in [-0.39, 0.29) is 0 Å². The maximum absolute atomic E-state index is 3.54. The van der Waals surface area contributed by atoms with Crippen molar-refractivity contribution in [2.75, 3.05) is 13.1 Å². The molecule has 1 nitrogen and oxygen atoms in total. The Labute approximate surface area is 128 Å². The van der Waals surface area contributed by atoms with Crippen LogP contribution in [0.15, 0.2) is 46.3 Å². The summed E-state index contributed by atoms with van der Waals surface area (Å²) < 4.78 is 1.22. The lowest BCUT2D eigenvalue weighted by Gasteiger charge is -2.12. The maximum atomic E-state index is 3.54. The summed E-state index contributed by atoms with van der Waals surface area (Å²) in [5, 5.41) is 3.54. The van der Waals surface area contributed by atoms with Gasteiger partial charge in [0.1, 0.15) is 0 Å². The molecule has 0 aliphatic carbocycles. The van der Waals surface area contributed by atoms with Gasteiger partial charge in [0, 0.05) is 4.88 Å². The second-order valence-corrected chi connectivity index (χ2v) is 7.35. The molecule has 1 unspecified atom stereocenters. The predicted molar refractivity (Wildman–Crippen MR) is 88.1 cm³/mol. The zero-order valence-corrected chi connectivity index (χ0v) is 13.6. The van der Waals surface area contributed by atoms with Crippen LogP contribution in [0.2, 0.25) is 0 Å². The standard InChI is InChI=1S/C16H20BrNS/c1-13(14-5-3-2-4-6-14)9-11-18-12-10-15-7-8-16(17)19-15/h2-8,13,18H,9-12H2,1H3. The second kappa shape index (κ2) is 7.83. The zero-order chi connectivity index (χ0) is 13.5. The van der Waals surface area contributed by atoms with E-state index in [0.29, 0.717) is 5.92 Å². The first-order valence-electron chi connectivity index (χ1n) is 6.75. The van der Waals surface area contributed by atoms with Gasteiger partial charge in [-0.25, -0.2) is 0 Å². The molecule has 0 radical (unpaired) electrons. The molecule has 0 bridgehead atoms. The number of hydrogen-bond acceptors (Lipinski definition) is 2. The van der Waals surface area contributed by atoms with E-state index in [0.717, 1.165) is 19.5 Å². The summed E-state index contributed by atoms with van der Waals surface area (Å²) >= 11 is 5.32. The smallest absolute Gasteiger partial charge is 0.0701 e. The Balaban J connectivity index is 1.62. The molecule has 3 heteroatoms. The molecule has 19 heavy (non-hydrogen) atoms. The van der Waals surface area contributed by atoms with Crippen molar-refractivity contribution in [3.63, 3.8) is 0 Å². The summed E-state index contributed by atoms with van der Waals surface area (Å²) in [6.07, 6.45) is 2.31. The molecular weight excluding hydrogens is 318 g/mol. The van der Waals surface area contributed by atoms with Crippen LogP contribution >= 0.6 is 27.3 Å². The Morgan fingerprint density at radius 1 is 1.11 bits per heavy atom. The van der Waals surface area contributed by atoms with Gasteiger partial charge in [-0.3, -0.25) is 0 Å². The summed E-state index contributed by atoms with van der Waals surface area (Å²) in [5.41, 5.74) is 1.44. The fourth-order valence-electron chi connectivity index (χ4n) is 2.09. The van der Waals surface area contributed by atoms with Gasteiger partial charge in [-0.1, -0.05) is 37.3 Å². The molecule has 0 saturated carbocycles. The fourth-order valence-corrected chi connectivity index (χ4v) is 3.57. The van der Waals surface area contributed by atoms with E-state index in [1.54, 1.807) is 0 Å². The van der Waals surface area contributed by atoms with Crippen molar-refractivity contribution in [2.24, 2.45) is 0 Å². The molecule has 102 valence electrons. The lowest BCUT2D eigenvalue weighted by atomic mass is 9.98. The summed E-state index contributed by atoms with van der Waals surface area (Å²) in [6.45, 7) is 4.45. The van der Waals surface area contributed by atoms with Gasteiger partial charge in [0.2, 0.25) is 0 Å². The van der Waals surface area contributed by atoms with Gasteiger partial charge < -0.3 is 5.32 Å². The van der Waals surface area contributed by atoms with Crippen molar-refractivity contribution in [1.29, 1.82) is 0 Å². The molecule has 0 spiro atoms. The van der Waals surface area contributed by atoms with Crippen molar-refractivity contribution in [3.8, 4) is 0 Å². The van der Waals surface area contributed by atoms with Crippen LogP contribution in [-0.2, 0) is 6.42 Å². The minimum Gasteiger partial charge on any atom is -0.316 e. The lowest BCUT2D eigenvalue weighted by Crippen LogP contribution is -2.19. The zero-order valence-electron chi connectivity index (χ0n) is 11.2. The Kier molecular flexibility index (Phi) is 6.08. The van der Waals surface area contributed by atoms with Crippen LogP contribution in [0.25, 0.3) is 0 Å². The van der Waals surface area contributed by atoms with Gasteiger partial charge in [0.15, 0.2) is 0 Å². The average Bonchev–Trinajstić information content (AvgIpc) is 2.85. The quantitative estimate of drug-likeness (QED) is 0.713. The number of halogens is 1. The monoisotopic (exact) mass is 337 g/mol. The molecule has 0 saturated heterocycles. The van der Waals surface area contributed by atoms with E-state index in [1.165, 1.54) is 20.6 Å². The minimum absolute atomic E-state index is 0.629. The number of benzene rings is 1. The Bertz CT molecular complexity index is 481. The first kappa shape index (κ1) is 14.8. The van der Waals surface area contributed by atoms with Crippen molar-refractivity contribution in [3.05, 3.63) is 56.7 Å². The summed E-state index contributed by atoms with van der Waals surface area (Å²) in [5.74, 6) is 0.629. The number of nitrogens with one attached hydrogen (secondary N) is 1. The largest absolute Gasteiger partial charge is 0.316 e. The Morgan fingerprint density at radius 3 is 2.58 bits per heavy atom. The van der Waals surface area contributed by atoms with Crippen LogP contribution in [0, 0.1) is 0 Å². The van der Waals surface area contributed by atoms with Crippen LogP contribution in [0.3, 0.4) is 0 Å². The number of hydrogen-bond donors (Lipinski definition) is 1. The van der Waals surface area contributed by atoms with Crippen LogP contribution in [0.1, 0.15) is 29.7 Å². The highest BCUT2D eigenvalue weighted by Crippen LogP contribution is 2.22. The van der Waals surface area contributed by atoms with Crippen molar-refractivity contribution in [1.82, 2.24) is 5.32 Å². The first-order valence-corrected chi connectivity index (χ1v) is 8.36. The molecule has 1 aromatic carbocycles. The normalized spacial score (nSPS) is 12.5. The van der Waals surface area contributed by atoms with Gasteiger partial charge in [-0.2, -0.15) is 0 Å². The maximum Gasteiger partial charge on any atom is 0.0701 e. The predicted octanol–water partition coefficient (Wildman–Crippen LogP) is 4.84. The average molecular weight is 338 g/mol. The molecular formula is C16H20BrNS. The van der Waals surface area contributed by atoms with Crippen molar-refractivity contribution < 1.29 is 0 Å². The molecule has 0 aliphatic rings. The van der Waals surface area contributed by atoms with Crippen molar-refractivity contribution in [2.45, 2.75) is 25.7 Å². The molecule has 1 aromatic heterocycles. The number of thiophene rings is 1. The first-order chi connectivity index (χ1) is 9.25. The third-order valence-corrected chi connectivity index (χ3v) is 4.98. The van der Waals surface area contributed by atoms with Crippen LogP contribution < -0.4 is 5.32 Å². The molecule has 1 heterocycles. The van der Waals surface area contributed by atoms with Crippen LogP contribution in [0.4, 0.5) is 0 Å². The van der Waals surface area contributed by atoms with E-state index >= 15 is 0 Å². The molecule has 1 atom stereocenters. The van der Waals surface area contributed by atoms with E-state index in [1.807, 2.05) is 11.3 Å². The highest BCUT2D eigenvalue weighted by Gasteiger charge is 2.04. The lowest BCUT2D eigenvalue weighted by molar-refractivity contribution is 0.596. The molecule has 1 N–H and O–H groups in total. The molecule has 2 rings (SSSR count). The van der Waals surface area contributed by atoms with E-state index in [2.05, 4.69) is 70.6 Å². The third-order valence-electron chi connectivity index (χ3n) is 3.30. The SMILES string of the molecule is CC(CCNCCc1ccc(Br)s1)c1ccccc1. The fraction of sp³-hybridized carbons (Fsp3) is 0.375. The van der Waals surface area contributed by atoms with Crippen molar-refractivity contribution >= 4 is 27.3 Å². The minimum atomic E-state index is 0.629. The summed E-state index contributed by atoms with van der Waals surface area (Å²) in [6, 6.07) is 15.1. The van der Waals surface area contributed by atoms with Gasteiger partial charge in [0.05, 0.1) is 3.79 Å².